The molecule has 30 heavy (non-hydrogen) atoms. The number of carbonyl (C=O) groups excluding carboxylic acids is 1. The van der Waals surface area contributed by atoms with E-state index in [1.54, 1.807) is 31.6 Å². The summed E-state index contributed by atoms with van der Waals surface area (Å²) in [5.74, 6) is -2.47. The van der Waals surface area contributed by atoms with E-state index < -0.39 is 23.2 Å². The Bertz CT molecular complexity index is 1350. The van der Waals surface area contributed by atoms with Crippen molar-refractivity contribution in [1.82, 2.24) is 19.9 Å². The van der Waals surface area contributed by atoms with Crippen LogP contribution in [0.4, 0.5) is 8.78 Å². The number of aromatic amines is 2. The maximum atomic E-state index is 14.0. The zero-order valence-corrected chi connectivity index (χ0v) is 15.8. The van der Waals surface area contributed by atoms with Crippen molar-refractivity contribution in [3.05, 3.63) is 75.6 Å². The molecular weight excluding hydrogens is 394 g/mol. The second-order valence-corrected chi connectivity index (χ2v) is 7.25. The van der Waals surface area contributed by atoms with Gasteiger partial charge < -0.3 is 19.6 Å². The van der Waals surface area contributed by atoms with Gasteiger partial charge in [0.05, 0.1) is 24.6 Å². The Morgan fingerprint density at radius 2 is 1.97 bits per heavy atom. The van der Waals surface area contributed by atoms with Gasteiger partial charge in [-0.2, -0.15) is 0 Å². The molecule has 1 amide bonds. The van der Waals surface area contributed by atoms with E-state index in [1.807, 2.05) is 0 Å². The van der Waals surface area contributed by atoms with Crippen LogP contribution in [0, 0.1) is 11.6 Å². The van der Waals surface area contributed by atoms with Gasteiger partial charge in [-0.1, -0.05) is 0 Å². The number of benzene rings is 1. The van der Waals surface area contributed by atoms with Crippen molar-refractivity contribution >= 4 is 27.6 Å². The summed E-state index contributed by atoms with van der Waals surface area (Å²) < 4.78 is 33.3. The second-order valence-electron chi connectivity index (χ2n) is 7.25. The fraction of sp³-hybridized carbons (Fsp3) is 0.190. The number of halogens is 2. The Kier molecular flexibility index (Phi) is 4.14. The molecule has 4 heterocycles. The first-order chi connectivity index (χ1) is 14.4. The summed E-state index contributed by atoms with van der Waals surface area (Å²) in [6.45, 7) is 0.257. The molecule has 0 spiro atoms. The molecule has 1 aromatic carbocycles. The molecule has 7 nitrogen and oxygen atoms in total. The highest BCUT2D eigenvalue weighted by Gasteiger charge is 2.32. The Morgan fingerprint density at radius 1 is 1.20 bits per heavy atom. The molecule has 0 aliphatic carbocycles. The lowest BCUT2D eigenvalue weighted by atomic mass is 9.95. The molecule has 0 bridgehead atoms. The highest BCUT2D eigenvalue weighted by Crippen LogP contribution is 2.34. The van der Waals surface area contributed by atoms with Gasteiger partial charge in [0.25, 0.3) is 11.5 Å². The van der Waals surface area contributed by atoms with Crippen LogP contribution in [-0.4, -0.2) is 39.4 Å². The lowest BCUT2D eigenvalue weighted by molar-refractivity contribution is 0.0333. The van der Waals surface area contributed by atoms with Gasteiger partial charge >= 0.3 is 0 Å². The smallest absolute Gasteiger partial charge is 0.270 e. The molecule has 0 radical (unpaired) electrons. The predicted molar refractivity (Wildman–Crippen MR) is 105 cm³/mol. The Labute approximate surface area is 168 Å². The molecule has 1 atom stereocenters. The van der Waals surface area contributed by atoms with Gasteiger partial charge in [-0.25, -0.2) is 8.78 Å². The monoisotopic (exact) mass is 410 g/mol. The third-order valence-corrected chi connectivity index (χ3v) is 5.48. The van der Waals surface area contributed by atoms with Crippen LogP contribution in [0.5, 0.6) is 0 Å². The summed E-state index contributed by atoms with van der Waals surface area (Å²) in [7, 11) is 1.60. The van der Waals surface area contributed by atoms with E-state index in [1.165, 1.54) is 4.90 Å². The number of nitrogens with one attached hydrogen (secondary N) is 2. The Balaban J connectivity index is 1.63. The van der Waals surface area contributed by atoms with E-state index in [4.69, 9.17) is 4.74 Å². The van der Waals surface area contributed by atoms with Crippen LogP contribution in [0.1, 0.15) is 27.8 Å². The maximum absolute atomic E-state index is 14.0. The minimum absolute atomic E-state index is 0.0251. The van der Waals surface area contributed by atoms with E-state index in [-0.39, 0.29) is 29.9 Å². The Morgan fingerprint density at radius 3 is 2.73 bits per heavy atom. The van der Waals surface area contributed by atoms with Gasteiger partial charge in [0.15, 0.2) is 11.6 Å². The van der Waals surface area contributed by atoms with Crippen LogP contribution in [-0.2, 0) is 11.3 Å². The number of rotatable bonds is 2. The summed E-state index contributed by atoms with van der Waals surface area (Å²) in [6.07, 6.45) is 3.27. The van der Waals surface area contributed by atoms with Crippen molar-refractivity contribution in [1.29, 1.82) is 0 Å². The first kappa shape index (κ1) is 18.4. The zero-order valence-electron chi connectivity index (χ0n) is 15.8. The average Bonchev–Trinajstić information content (AvgIpc) is 3.18. The molecule has 1 aliphatic heterocycles. The van der Waals surface area contributed by atoms with E-state index >= 15 is 0 Å². The SMILES string of the molecule is CN(C(=O)c1cc2cnccc2[nH]1)[C@H]1COCc2[nH]c(=O)c3cc(F)c(F)cc3c21. The number of fused-ring (bicyclic) bond motifs is 4. The van der Waals surface area contributed by atoms with Gasteiger partial charge in [-0.05, 0) is 29.7 Å². The van der Waals surface area contributed by atoms with Crippen molar-refractivity contribution in [2.75, 3.05) is 13.7 Å². The van der Waals surface area contributed by atoms with E-state index in [2.05, 4.69) is 15.0 Å². The third-order valence-electron chi connectivity index (χ3n) is 5.48. The fourth-order valence-electron chi connectivity index (χ4n) is 3.97. The molecule has 0 unspecified atom stereocenters. The predicted octanol–water partition coefficient (Wildman–Crippen LogP) is 3.03. The fourth-order valence-corrected chi connectivity index (χ4v) is 3.97. The highest BCUT2D eigenvalue weighted by molar-refractivity contribution is 5.98. The zero-order chi connectivity index (χ0) is 21.0. The lowest BCUT2D eigenvalue weighted by Crippen LogP contribution is -2.37. The number of H-pyrrole nitrogens is 2. The minimum Gasteiger partial charge on any atom is -0.373 e. The maximum Gasteiger partial charge on any atom is 0.270 e. The second kappa shape index (κ2) is 6.74. The first-order valence-electron chi connectivity index (χ1n) is 9.25. The summed E-state index contributed by atoms with van der Waals surface area (Å²) in [4.78, 5) is 36.8. The van der Waals surface area contributed by atoms with Gasteiger partial charge in [0.1, 0.15) is 5.69 Å². The van der Waals surface area contributed by atoms with Gasteiger partial charge in [0, 0.05) is 41.6 Å². The van der Waals surface area contributed by atoms with E-state index in [0.29, 0.717) is 17.0 Å². The standard InChI is InChI=1S/C21H16F2N4O3/c1-27(21(29)16-4-10-7-24-3-2-15(10)25-16)18-9-30-8-17-19(18)11-5-13(22)14(23)6-12(11)20(28)26-17/h2-7,18,25H,8-9H2,1H3,(H,26,28)/t18-/m0/s1. The largest absolute Gasteiger partial charge is 0.373 e. The number of carbonyl (C=O) groups is 1. The molecule has 5 rings (SSSR count). The van der Waals surface area contributed by atoms with E-state index in [9.17, 15) is 18.4 Å². The molecule has 2 N–H and O–H groups in total. The average molecular weight is 410 g/mol. The van der Waals surface area contributed by atoms with Crippen LogP contribution in [0.25, 0.3) is 21.7 Å². The van der Waals surface area contributed by atoms with Crippen LogP contribution in [0.2, 0.25) is 0 Å². The molecule has 0 saturated carbocycles. The van der Waals surface area contributed by atoms with Gasteiger partial charge in [0.2, 0.25) is 0 Å². The van der Waals surface area contributed by atoms with Crippen molar-refractivity contribution in [3.8, 4) is 0 Å². The van der Waals surface area contributed by atoms with Crippen molar-refractivity contribution < 1.29 is 18.3 Å². The van der Waals surface area contributed by atoms with Crippen molar-refractivity contribution in [3.63, 3.8) is 0 Å². The number of pyridine rings is 2. The quantitative estimate of drug-likeness (QED) is 0.532. The third kappa shape index (κ3) is 2.78. The number of hydrogen-bond donors (Lipinski definition) is 2. The molecule has 152 valence electrons. The summed E-state index contributed by atoms with van der Waals surface area (Å²) in [6, 6.07) is 4.74. The molecule has 0 fully saturated rings. The van der Waals surface area contributed by atoms with Crippen LogP contribution in [0.3, 0.4) is 0 Å². The van der Waals surface area contributed by atoms with Crippen molar-refractivity contribution in [2.45, 2.75) is 12.6 Å². The van der Waals surface area contributed by atoms with Crippen LogP contribution < -0.4 is 5.56 Å². The topological polar surface area (TPSA) is 91.1 Å². The van der Waals surface area contributed by atoms with Gasteiger partial charge in [-0.15, -0.1) is 0 Å². The number of nitrogens with zero attached hydrogens (tertiary/aromatic N) is 2. The molecule has 0 saturated heterocycles. The van der Waals surface area contributed by atoms with Crippen LogP contribution in [0.15, 0.2) is 41.5 Å². The van der Waals surface area contributed by atoms with Crippen molar-refractivity contribution in [2.24, 2.45) is 0 Å². The lowest BCUT2D eigenvalue weighted by Gasteiger charge is -2.33. The molecule has 1 aliphatic rings. The molecule has 3 aromatic heterocycles. The number of ether oxygens (including phenoxy) is 1. The minimum atomic E-state index is -1.10. The summed E-state index contributed by atoms with van der Waals surface area (Å²) >= 11 is 0. The highest BCUT2D eigenvalue weighted by atomic mass is 19.2. The Hall–Kier alpha value is -3.59. The number of hydrogen-bond acceptors (Lipinski definition) is 4. The number of aromatic nitrogens is 3. The number of likely N-dealkylation sites (N-methyl/N-ethyl adjacent to an activating group) is 1. The summed E-state index contributed by atoms with van der Waals surface area (Å²) in [5.41, 5.74) is 1.58. The molecular formula is C21H16F2N4O3. The van der Waals surface area contributed by atoms with E-state index in [0.717, 1.165) is 23.0 Å². The van der Waals surface area contributed by atoms with Crippen LogP contribution >= 0.6 is 0 Å². The number of amides is 1. The normalized spacial score (nSPS) is 16.0. The molecule has 9 heteroatoms. The summed E-state index contributed by atoms with van der Waals surface area (Å²) in [5, 5.41) is 1.08. The van der Waals surface area contributed by atoms with Gasteiger partial charge in [-0.3, -0.25) is 14.6 Å². The first-order valence-corrected chi connectivity index (χ1v) is 9.25. The molecule has 4 aromatic rings.